The summed E-state index contributed by atoms with van der Waals surface area (Å²) in [7, 11) is 0. The van der Waals surface area contributed by atoms with Crippen LogP contribution in [-0.4, -0.2) is 18.5 Å². The number of rotatable bonds is 3. The molecular weight excluding hydrogens is 178 g/mol. The molecule has 1 heterocycles. The largest absolute Gasteiger partial charge is 0.381 e. The molecule has 0 radical (unpaired) electrons. The minimum absolute atomic E-state index is 0.188. The van der Waals surface area contributed by atoms with E-state index in [1.54, 1.807) is 0 Å². The van der Waals surface area contributed by atoms with Gasteiger partial charge in [0.15, 0.2) is 5.82 Å². The number of nitrogens with two attached hydrogens (primary N) is 1. The third-order valence-corrected chi connectivity index (χ3v) is 2.61. The first kappa shape index (κ1) is 8.47. The molecule has 1 fully saturated rings. The zero-order valence-electron chi connectivity index (χ0n) is 6.96. The van der Waals surface area contributed by atoms with Crippen LogP contribution in [0.5, 0.6) is 0 Å². The van der Waals surface area contributed by atoms with Crippen molar-refractivity contribution < 1.29 is 13.3 Å². The van der Waals surface area contributed by atoms with Gasteiger partial charge in [-0.1, -0.05) is 5.16 Å². The van der Waals surface area contributed by atoms with E-state index in [4.69, 9.17) is 10.3 Å². The fourth-order valence-corrected chi connectivity index (χ4v) is 1.55. The molecule has 1 aromatic rings. The number of hydrogen-bond donors (Lipinski definition) is 1. The Labute approximate surface area is 73.9 Å². The fourth-order valence-electron chi connectivity index (χ4n) is 1.55. The van der Waals surface area contributed by atoms with E-state index < -0.39 is 18.8 Å². The van der Waals surface area contributed by atoms with Gasteiger partial charge in [-0.15, -0.1) is 0 Å². The normalized spacial score (nSPS) is 24.6. The van der Waals surface area contributed by atoms with E-state index in [0.717, 1.165) is 0 Å². The van der Waals surface area contributed by atoms with Crippen LogP contribution in [0.15, 0.2) is 10.6 Å². The number of anilines is 1. The van der Waals surface area contributed by atoms with E-state index in [-0.39, 0.29) is 11.7 Å². The van der Waals surface area contributed by atoms with Crippen molar-refractivity contribution >= 4 is 5.82 Å². The van der Waals surface area contributed by atoms with Gasteiger partial charge in [-0.25, -0.2) is 0 Å². The van der Waals surface area contributed by atoms with Crippen LogP contribution in [-0.2, 0) is 0 Å². The Kier molecular flexibility index (Phi) is 1.75. The predicted octanol–water partition coefficient (Wildman–Crippen LogP) is 1.67. The Hall–Kier alpha value is -1.13. The van der Waals surface area contributed by atoms with Gasteiger partial charge in [-0.05, 0) is 6.42 Å². The minimum Gasteiger partial charge on any atom is -0.381 e. The quantitative estimate of drug-likeness (QED) is 0.784. The Morgan fingerprint density at radius 3 is 2.69 bits per heavy atom. The van der Waals surface area contributed by atoms with Crippen LogP contribution < -0.4 is 5.73 Å². The van der Waals surface area contributed by atoms with Gasteiger partial charge >= 0.3 is 0 Å². The zero-order chi connectivity index (χ0) is 9.47. The van der Waals surface area contributed by atoms with E-state index >= 15 is 0 Å². The van der Waals surface area contributed by atoms with Crippen molar-refractivity contribution in [3.63, 3.8) is 0 Å². The highest BCUT2D eigenvalue weighted by molar-refractivity contribution is 5.32. The molecule has 0 aliphatic heterocycles. The molecule has 5 heteroatoms. The molecular formula is C8H10F2N2O. The molecule has 0 bridgehead atoms. The summed E-state index contributed by atoms with van der Waals surface area (Å²) in [4.78, 5) is 0. The summed E-state index contributed by atoms with van der Waals surface area (Å²) in [5, 5.41) is 3.47. The summed E-state index contributed by atoms with van der Waals surface area (Å²) >= 11 is 0. The highest BCUT2D eigenvalue weighted by Gasteiger charge is 2.57. The molecule has 1 unspecified atom stereocenters. The van der Waals surface area contributed by atoms with Gasteiger partial charge in [-0.2, -0.15) is 0 Å². The van der Waals surface area contributed by atoms with E-state index in [1.165, 1.54) is 6.07 Å². The maximum Gasteiger partial charge on any atom is 0.167 e. The van der Waals surface area contributed by atoms with Crippen molar-refractivity contribution in [2.45, 2.75) is 12.3 Å². The van der Waals surface area contributed by atoms with Crippen molar-refractivity contribution in [3.8, 4) is 0 Å². The zero-order valence-corrected chi connectivity index (χ0v) is 6.96. The van der Waals surface area contributed by atoms with Crippen LogP contribution in [0.25, 0.3) is 0 Å². The Balaban J connectivity index is 2.14. The topological polar surface area (TPSA) is 52.0 Å². The number of nitrogen functional groups attached to an aromatic ring is 1. The lowest BCUT2D eigenvalue weighted by Crippen LogP contribution is -2.08. The Morgan fingerprint density at radius 2 is 2.31 bits per heavy atom. The van der Waals surface area contributed by atoms with Crippen LogP contribution >= 0.6 is 0 Å². The van der Waals surface area contributed by atoms with Gasteiger partial charge in [-0.3, -0.25) is 8.78 Å². The van der Waals surface area contributed by atoms with Crippen LogP contribution in [0.4, 0.5) is 14.6 Å². The lowest BCUT2D eigenvalue weighted by molar-refractivity contribution is 0.251. The maximum absolute atomic E-state index is 12.4. The molecule has 1 saturated carbocycles. The summed E-state index contributed by atoms with van der Waals surface area (Å²) < 4.78 is 29.7. The fraction of sp³-hybridized carbons (Fsp3) is 0.625. The van der Waals surface area contributed by atoms with Crippen LogP contribution in [0.1, 0.15) is 18.1 Å². The molecule has 0 spiro atoms. The van der Waals surface area contributed by atoms with Gasteiger partial charge in [0.2, 0.25) is 0 Å². The Bertz CT molecular complexity index is 309. The second kappa shape index (κ2) is 2.68. The first-order valence-electron chi connectivity index (χ1n) is 4.06. The average Bonchev–Trinajstić information content (AvgIpc) is 2.74. The Morgan fingerprint density at radius 1 is 1.62 bits per heavy atom. The van der Waals surface area contributed by atoms with Crippen molar-refractivity contribution in [1.29, 1.82) is 0 Å². The molecule has 0 aromatic carbocycles. The maximum atomic E-state index is 12.4. The number of halogens is 2. The first-order chi connectivity index (χ1) is 6.22. The van der Waals surface area contributed by atoms with Gasteiger partial charge in [0.1, 0.15) is 5.76 Å². The minimum atomic E-state index is -0.855. The van der Waals surface area contributed by atoms with E-state index in [0.29, 0.717) is 12.2 Å². The first-order valence-corrected chi connectivity index (χ1v) is 4.06. The van der Waals surface area contributed by atoms with Crippen molar-refractivity contribution in [2.75, 3.05) is 19.1 Å². The summed E-state index contributed by atoms with van der Waals surface area (Å²) in [5.41, 5.74) is 4.47. The number of alkyl halides is 2. The molecule has 0 saturated heterocycles. The molecule has 13 heavy (non-hydrogen) atoms. The standard InChI is InChI=1S/C8H10F2N2O/c9-3-8(4-10)2-5(8)6-1-7(11)12-13-6/h1,5H,2-4H2,(H2,11,12). The SMILES string of the molecule is Nc1cc(C2CC2(CF)CF)on1. The van der Waals surface area contributed by atoms with Gasteiger partial charge in [0.05, 0.1) is 13.3 Å². The molecule has 2 N–H and O–H groups in total. The molecule has 1 aliphatic carbocycles. The second-order valence-corrected chi connectivity index (χ2v) is 3.54. The van der Waals surface area contributed by atoms with Crippen LogP contribution in [0.3, 0.4) is 0 Å². The summed E-state index contributed by atoms with van der Waals surface area (Å²) in [6.07, 6.45) is 0.481. The predicted molar refractivity (Wildman–Crippen MR) is 42.7 cm³/mol. The molecule has 1 aromatic heterocycles. The van der Waals surface area contributed by atoms with Crippen molar-refractivity contribution in [3.05, 3.63) is 11.8 Å². The average molecular weight is 188 g/mol. The molecule has 0 amide bonds. The molecule has 1 aliphatic rings. The van der Waals surface area contributed by atoms with E-state index in [9.17, 15) is 8.78 Å². The van der Waals surface area contributed by atoms with E-state index in [2.05, 4.69) is 5.16 Å². The van der Waals surface area contributed by atoms with Gasteiger partial charge in [0.25, 0.3) is 0 Å². The molecule has 3 nitrogen and oxygen atoms in total. The molecule has 72 valence electrons. The van der Waals surface area contributed by atoms with E-state index in [1.807, 2.05) is 0 Å². The number of nitrogens with zero attached hydrogens (tertiary/aromatic N) is 1. The van der Waals surface area contributed by atoms with Crippen LogP contribution in [0, 0.1) is 5.41 Å². The van der Waals surface area contributed by atoms with Gasteiger partial charge in [0, 0.05) is 17.4 Å². The third kappa shape index (κ3) is 1.18. The highest BCUT2D eigenvalue weighted by atomic mass is 19.1. The summed E-state index contributed by atoms with van der Waals surface area (Å²) in [5.74, 6) is 0.564. The lowest BCUT2D eigenvalue weighted by Gasteiger charge is -2.04. The monoisotopic (exact) mass is 188 g/mol. The smallest absolute Gasteiger partial charge is 0.167 e. The summed E-state index contributed by atoms with van der Waals surface area (Å²) in [6, 6.07) is 1.53. The second-order valence-electron chi connectivity index (χ2n) is 3.54. The molecule has 2 rings (SSSR count). The van der Waals surface area contributed by atoms with Crippen molar-refractivity contribution in [1.82, 2.24) is 5.16 Å². The van der Waals surface area contributed by atoms with Crippen molar-refractivity contribution in [2.24, 2.45) is 5.41 Å². The van der Waals surface area contributed by atoms with Gasteiger partial charge < -0.3 is 10.3 Å². The molecule has 1 atom stereocenters. The number of hydrogen-bond acceptors (Lipinski definition) is 3. The number of aromatic nitrogens is 1. The lowest BCUT2D eigenvalue weighted by atomic mass is 10.1. The highest BCUT2D eigenvalue weighted by Crippen LogP contribution is 2.59. The summed E-state index contributed by atoms with van der Waals surface area (Å²) in [6.45, 7) is -1.32. The van der Waals surface area contributed by atoms with Crippen LogP contribution in [0.2, 0.25) is 0 Å². The third-order valence-electron chi connectivity index (χ3n) is 2.61.